The molecule has 4 aromatic rings. The molecule has 2 aromatic heterocycles. The molecule has 160 valence electrons. The van der Waals surface area contributed by atoms with Crippen LogP contribution >= 0.6 is 11.3 Å². The molecule has 3 heterocycles. The van der Waals surface area contributed by atoms with Crippen molar-refractivity contribution in [2.45, 2.75) is 13.3 Å². The van der Waals surface area contributed by atoms with E-state index in [-0.39, 0.29) is 5.56 Å². The van der Waals surface area contributed by atoms with Crippen LogP contribution in [0.5, 0.6) is 5.75 Å². The van der Waals surface area contributed by atoms with E-state index in [9.17, 15) is 4.79 Å². The van der Waals surface area contributed by atoms with Crippen LogP contribution in [0.4, 0.5) is 5.69 Å². The number of pyridine rings is 1. The lowest BCUT2D eigenvalue weighted by Crippen LogP contribution is -2.46. The van der Waals surface area contributed by atoms with Gasteiger partial charge < -0.3 is 14.6 Å². The quantitative estimate of drug-likeness (QED) is 0.450. The molecular formula is C25H27N3O2S. The van der Waals surface area contributed by atoms with Crippen LogP contribution in [0.1, 0.15) is 12.0 Å². The van der Waals surface area contributed by atoms with E-state index in [4.69, 9.17) is 4.74 Å². The second-order valence-corrected chi connectivity index (χ2v) is 9.12. The molecule has 5 nitrogen and oxygen atoms in total. The highest BCUT2D eigenvalue weighted by Crippen LogP contribution is 2.31. The van der Waals surface area contributed by atoms with E-state index >= 15 is 0 Å². The molecule has 1 aliphatic rings. The maximum atomic E-state index is 11.8. The van der Waals surface area contributed by atoms with Gasteiger partial charge in [-0.3, -0.25) is 9.69 Å². The molecule has 1 fully saturated rings. The smallest absolute Gasteiger partial charge is 0.251 e. The van der Waals surface area contributed by atoms with Crippen molar-refractivity contribution >= 4 is 38.0 Å². The van der Waals surface area contributed by atoms with Gasteiger partial charge in [0, 0.05) is 60.1 Å². The van der Waals surface area contributed by atoms with E-state index in [2.05, 4.69) is 44.4 Å². The van der Waals surface area contributed by atoms with Crippen LogP contribution in [0.3, 0.4) is 0 Å². The first-order valence-corrected chi connectivity index (χ1v) is 11.8. The van der Waals surface area contributed by atoms with E-state index in [0.29, 0.717) is 6.61 Å². The standard InChI is InChI=1S/C25H27N3O2S/c1-18-16-19-6-7-20(17-22(19)26-25(18)29)30-14-3-9-27-10-12-28(13-11-27)23-4-2-5-24-21(23)8-15-31-24/h2,4-8,15-17H,3,9-14H2,1H3,(H,26,29). The molecule has 0 unspecified atom stereocenters. The number of H-pyrrole nitrogens is 1. The lowest BCUT2D eigenvalue weighted by atomic mass is 10.1. The Morgan fingerprint density at radius 2 is 1.94 bits per heavy atom. The summed E-state index contributed by atoms with van der Waals surface area (Å²) in [6.07, 6.45) is 0.989. The molecule has 6 heteroatoms. The molecule has 2 aromatic carbocycles. The number of aryl methyl sites for hydroxylation is 1. The molecular weight excluding hydrogens is 406 g/mol. The van der Waals surface area contributed by atoms with Gasteiger partial charge in [-0.25, -0.2) is 0 Å². The highest BCUT2D eigenvalue weighted by molar-refractivity contribution is 7.17. The van der Waals surface area contributed by atoms with Gasteiger partial charge in [0.15, 0.2) is 0 Å². The topological polar surface area (TPSA) is 48.6 Å². The fourth-order valence-electron chi connectivity index (χ4n) is 4.32. The molecule has 0 radical (unpaired) electrons. The van der Waals surface area contributed by atoms with Gasteiger partial charge in [-0.15, -0.1) is 11.3 Å². The number of aromatic amines is 1. The first-order valence-electron chi connectivity index (χ1n) is 10.9. The maximum Gasteiger partial charge on any atom is 0.251 e. The van der Waals surface area contributed by atoms with Gasteiger partial charge in [0.1, 0.15) is 5.75 Å². The number of rotatable bonds is 6. The van der Waals surface area contributed by atoms with E-state index in [1.807, 2.05) is 42.5 Å². The van der Waals surface area contributed by atoms with Gasteiger partial charge in [-0.1, -0.05) is 6.07 Å². The summed E-state index contributed by atoms with van der Waals surface area (Å²) in [5, 5.41) is 4.58. The summed E-state index contributed by atoms with van der Waals surface area (Å²) in [5.74, 6) is 0.806. The van der Waals surface area contributed by atoms with Crippen LogP contribution < -0.4 is 15.2 Å². The van der Waals surface area contributed by atoms with Gasteiger partial charge in [0.2, 0.25) is 0 Å². The molecule has 0 amide bonds. The summed E-state index contributed by atoms with van der Waals surface area (Å²) in [6, 6.07) is 16.7. The SMILES string of the molecule is Cc1cc2ccc(OCCCN3CCN(c4cccc5sccc45)CC3)cc2[nH]c1=O. The summed E-state index contributed by atoms with van der Waals surface area (Å²) < 4.78 is 7.31. The van der Waals surface area contributed by atoms with Crippen molar-refractivity contribution in [2.24, 2.45) is 0 Å². The van der Waals surface area contributed by atoms with Crippen LogP contribution in [-0.4, -0.2) is 49.2 Å². The highest BCUT2D eigenvalue weighted by Gasteiger charge is 2.18. The van der Waals surface area contributed by atoms with Crippen molar-refractivity contribution in [3.8, 4) is 5.75 Å². The van der Waals surface area contributed by atoms with Crippen molar-refractivity contribution < 1.29 is 4.74 Å². The number of ether oxygens (including phenoxy) is 1. The number of fused-ring (bicyclic) bond motifs is 2. The third-order valence-electron chi connectivity index (χ3n) is 6.08. The van der Waals surface area contributed by atoms with Gasteiger partial charge in [-0.05, 0) is 60.5 Å². The van der Waals surface area contributed by atoms with Crippen molar-refractivity contribution in [2.75, 3.05) is 44.2 Å². The molecule has 0 saturated carbocycles. The second-order valence-electron chi connectivity index (χ2n) is 8.17. The fourth-order valence-corrected chi connectivity index (χ4v) is 5.13. The maximum absolute atomic E-state index is 11.8. The first kappa shape index (κ1) is 20.1. The van der Waals surface area contributed by atoms with Crippen molar-refractivity contribution in [3.05, 3.63) is 69.8 Å². The molecule has 0 bridgehead atoms. The number of thiophene rings is 1. The average molecular weight is 434 g/mol. The normalized spacial score (nSPS) is 15.1. The summed E-state index contributed by atoms with van der Waals surface area (Å²) in [4.78, 5) is 19.8. The predicted octanol–water partition coefficient (Wildman–Crippen LogP) is 4.64. The van der Waals surface area contributed by atoms with Gasteiger partial charge in [-0.2, -0.15) is 0 Å². The minimum Gasteiger partial charge on any atom is -0.493 e. The van der Waals surface area contributed by atoms with Crippen LogP contribution in [-0.2, 0) is 0 Å². The number of piperazine rings is 1. The van der Waals surface area contributed by atoms with E-state index in [1.54, 1.807) is 0 Å². The Hall–Kier alpha value is -2.83. The molecule has 1 aliphatic heterocycles. The lowest BCUT2D eigenvalue weighted by molar-refractivity contribution is 0.225. The third-order valence-corrected chi connectivity index (χ3v) is 6.96. The number of benzene rings is 2. The highest BCUT2D eigenvalue weighted by atomic mass is 32.1. The fraction of sp³-hybridized carbons (Fsp3) is 0.320. The van der Waals surface area contributed by atoms with Crippen LogP contribution in [0.25, 0.3) is 21.0 Å². The van der Waals surface area contributed by atoms with Crippen molar-refractivity contribution in [1.82, 2.24) is 9.88 Å². The Morgan fingerprint density at radius 1 is 1.06 bits per heavy atom. The van der Waals surface area contributed by atoms with Gasteiger partial charge in [0.25, 0.3) is 5.56 Å². The first-order chi connectivity index (χ1) is 15.2. The molecule has 1 N–H and O–H groups in total. The van der Waals surface area contributed by atoms with Gasteiger partial charge >= 0.3 is 0 Å². The number of nitrogens with zero attached hydrogens (tertiary/aromatic N) is 2. The van der Waals surface area contributed by atoms with Crippen molar-refractivity contribution in [1.29, 1.82) is 0 Å². The Kier molecular flexibility index (Phi) is 5.66. The Morgan fingerprint density at radius 3 is 2.81 bits per heavy atom. The molecule has 5 rings (SSSR count). The second kappa shape index (κ2) is 8.73. The van der Waals surface area contributed by atoms with Crippen molar-refractivity contribution in [3.63, 3.8) is 0 Å². The monoisotopic (exact) mass is 433 g/mol. The zero-order chi connectivity index (χ0) is 21.2. The predicted molar refractivity (Wildman–Crippen MR) is 130 cm³/mol. The summed E-state index contributed by atoms with van der Waals surface area (Å²) in [6.45, 7) is 7.83. The van der Waals surface area contributed by atoms with Gasteiger partial charge in [0.05, 0.1) is 12.1 Å². The molecule has 0 atom stereocenters. The zero-order valence-electron chi connectivity index (χ0n) is 17.8. The zero-order valence-corrected chi connectivity index (χ0v) is 18.6. The number of hydrogen-bond acceptors (Lipinski definition) is 5. The molecule has 0 aliphatic carbocycles. The van der Waals surface area contributed by atoms with E-state index in [0.717, 1.165) is 61.4 Å². The third kappa shape index (κ3) is 4.31. The number of anilines is 1. The minimum absolute atomic E-state index is 0.0426. The summed E-state index contributed by atoms with van der Waals surface area (Å²) >= 11 is 1.81. The minimum atomic E-state index is -0.0426. The lowest BCUT2D eigenvalue weighted by Gasteiger charge is -2.36. The molecule has 1 saturated heterocycles. The Balaban J connectivity index is 1.10. The summed E-state index contributed by atoms with van der Waals surface area (Å²) in [5.41, 5.74) is 2.88. The Labute approximate surface area is 185 Å². The van der Waals surface area contributed by atoms with Crippen LogP contribution in [0, 0.1) is 6.92 Å². The van der Waals surface area contributed by atoms with E-state index < -0.39 is 0 Å². The summed E-state index contributed by atoms with van der Waals surface area (Å²) in [7, 11) is 0. The van der Waals surface area contributed by atoms with Crippen LogP contribution in [0.2, 0.25) is 0 Å². The van der Waals surface area contributed by atoms with Crippen LogP contribution in [0.15, 0.2) is 58.7 Å². The van der Waals surface area contributed by atoms with E-state index in [1.165, 1.54) is 15.8 Å². The average Bonchev–Trinajstić information content (AvgIpc) is 3.27. The number of aromatic nitrogens is 1. The molecule has 31 heavy (non-hydrogen) atoms. The number of nitrogens with one attached hydrogen (secondary N) is 1. The number of hydrogen-bond donors (Lipinski definition) is 1. The molecule has 0 spiro atoms. The largest absolute Gasteiger partial charge is 0.493 e. The Bertz CT molecular complexity index is 1250.